The van der Waals surface area contributed by atoms with Crippen LogP contribution in [0, 0.1) is 6.92 Å². The molecule has 0 aromatic carbocycles. The van der Waals surface area contributed by atoms with Crippen molar-refractivity contribution >= 4 is 17.4 Å². The summed E-state index contributed by atoms with van der Waals surface area (Å²) in [6, 6.07) is 2.54. The molecule has 1 aliphatic heterocycles. The molecule has 0 unspecified atom stereocenters. The van der Waals surface area contributed by atoms with Crippen molar-refractivity contribution < 1.29 is 4.42 Å². The third-order valence-corrected chi connectivity index (χ3v) is 3.23. The molecule has 1 fully saturated rings. The summed E-state index contributed by atoms with van der Waals surface area (Å²) in [6.45, 7) is 5.21. The second-order valence-corrected chi connectivity index (χ2v) is 4.51. The number of nitrogen functional groups attached to an aromatic ring is 1. The maximum Gasteiger partial charge on any atom is 0.318 e. The SMILES string of the molecule is Cc1nnc(N2CCN(c3ccncc3N)CC2)o1. The first-order chi connectivity index (χ1) is 9.24. The fourth-order valence-corrected chi connectivity index (χ4v) is 2.24. The standard InChI is InChI=1S/C12H16N6O/c1-9-15-16-12(19-9)18-6-4-17(5-7-18)11-2-3-14-8-10(11)13/h2-3,8H,4-7,13H2,1H3. The summed E-state index contributed by atoms with van der Waals surface area (Å²) in [7, 11) is 0. The first kappa shape index (κ1) is 11.8. The van der Waals surface area contributed by atoms with Crippen molar-refractivity contribution in [1.82, 2.24) is 15.2 Å². The number of hydrogen-bond acceptors (Lipinski definition) is 7. The van der Waals surface area contributed by atoms with Crippen LogP contribution < -0.4 is 15.5 Å². The van der Waals surface area contributed by atoms with Gasteiger partial charge in [-0.15, -0.1) is 5.10 Å². The summed E-state index contributed by atoms with van der Waals surface area (Å²) in [5.74, 6) is 0.593. The van der Waals surface area contributed by atoms with Gasteiger partial charge < -0.3 is 20.0 Å². The molecule has 0 radical (unpaired) electrons. The summed E-state index contributed by atoms with van der Waals surface area (Å²) >= 11 is 0. The fourth-order valence-electron chi connectivity index (χ4n) is 2.24. The number of pyridine rings is 1. The van der Waals surface area contributed by atoms with Gasteiger partial charge in [0.15, 0.2) is 0 Å². The number of nitrogens with zero attached hydrogens (tertiary/aromatic N) is 5. The molecule has 1 aliphatic rings. The maximum atomic E-state index is 5.94. The quantitative estimate of drug-likeness (QED) is 0.850. The molecule has 2 N–H and O–H groups in total. The van der Waals surface area contributed by atoms with E-state index in [0.717, 1.165) is 31.9 Å². The minimum atomic E-state index is 0.593. The van der Waals surface area contributed by atoms with Gasteiger partial charge in [0.1, 0.15) is 0 Å². The molecule has 2 aromatic heterocycles. The largest absolute Gasteiger partial charge is 0.408 e. The zero-order chi connectivity index (χ0) is 13.2. The Morgan fingerprint density at radius 3 is 2.53 bits per heavy atom. The van der Waals surface area contributed by atoms with E-state index in [1.54, 1.807) is 19.3 Å². The van der Waals surface area contributed by atoms with E-state index in [-0.39, 0.29) is 0 Å². The predicted molar refractivity (Wildman–Crippen MR) is 72.1 cm³/mol. The second kappa shape index (κ2) is 4.75. The molecular weight excluding hydrogens is 244 g/mol. The lowest BCUT2D eigenvalue weighted by Gasteiger charge is -2.35. The Morgan fingerprint density at radius 1 is 1.16 bits per heavy atom. The number of aryl methyl sites for hydroxylation is 1. The molecule has 7 heteroatoms. The van der Waals surface area contributed by atoms with Crippen molar-refractivity contribution in [2.75, 3.05) is 41.7 Å². The number of hydrogen-bond donors (Lipinski definition) is 1. The predicted octanol–water partition coefficient (Wildman–Crippen LogP) is 0.682. The van der Waals surface area contributed by atoms with Gasteiger partial charge in [0.25, 0.3) is 0 Å². The minimum Gasteiger partial charge on any atom is -0.408 e. The van der Waals surface area contributed by atoms with E-state index in [4.69, 9.17) is 10.2 Å². The van der Waals surface area contributed by atoms with Crippen molar-refractivity contribution in [3.8, 4) is 0 Å². The normalized spacial score (nSPS) is 15.8. The molecule has 19 heavy (non-hydrogen) atoms. The number of rotatable bonds is 2. The first-order valence-corrected chi connectivity index (χ1v) is 6.23. The lowest BCUT2D eigenvalue weighted by atomic mass is 10.2. The minimum absolute atomic E-state index is 0.593. The Kier molecular flexibility index (Phi) is 2.94. The van der Waals surface area contributed by atoms with Gasteiger partial charge in [-0.3, -0.25) is 4.98 Å². The Labute approximate surface area is 111 Å². The smallest absolute Gasteiger partial charge is 0.318 e. The van der Waals surface area contributed by atoms with Gasteiger partial charge in [0.2, 0.25) is 5.89 Å². The van der Waals surface area contributed by atoms with Crippen molar-refractivity contribution in [2.45, 2.75) is 6.92 Å². The van der Waals surface area contributed by atoms with E-state index in [1.807, 2.05) is 6.07 Å². The van der Waals surface area contributed by atoms with Crippen LogP contribution in [0.3, 0.4) is 0 Å². The third-order valence-electron chi connectivity index (χ3n) is 3.23. The molecule has 1 saturated heterocycles. The summed E-state index contributed by atoms with van der Waals surface area (Å²) < 4.78 is 5.44. The van der Waals surface area contributed by atoms with Crippen molar-refractivity contribution in [2.24, 2.45) is 0 Å². The number of aromatic nitrogens is 3. The average Bonchev–Trinajstić information content (AvgIpc) is 2.86. The zero-order valence-electron chi connectivity index (χ0n) is 10.8. The van der Waals surface area contributed by atoms with E-state index in [0.29, 0.717) is 17.6 Å². The van der Waals surface area contributed by atoms with Gasteiger partial charge in [-0.2, -0.15) is 0 Å². The molecule has 2 aromatic rings. The highest BCUT2D eigenvalue weighted by Crippen LogP contribution is 2.23. The Balaban J connectivity index is 1.68. The van der Waals surface area contributed by atoms with Crippen molar-refractivity contribution in [3.63, 3.8) is 0 Å². The monoisotopic (exact) mass is 260 g/mol. The molecular formula is C12H16N6O. The van der Waals surface area contributed by atoms with E-state index in [1.165, 1.54) is 0 Å². The average molecular weight is 260 g/mol. The lowest BCUT2D eigenvalue weighted by molar-refractivity contribution is 0.492. The lowest BCUT2D eigenvalue weighted by Crippen LogP contribution is -2.46. The highest BCUT2D eigenvalue weighted by Gasteiger charge is 2.21. The van der Waals surface area contributed by atoms with Gasteiger partial charge in [0.05, 0.1) is 17.6 Å². The summed E-state index contributed by atoms with van der Waals surface area (Å²) in [5, 5.41) is 7.89. The first-order valence-electron chi connectivity index (χ1n) is 6.23. The fraction of sp³-hybridized carbons (Fsp3) is 0.417. The number of nitrogens with two attached hydrogens (primary N) is 1. The van der Waals surface area contributed by atoms with Crippen LogP contribution in [0.4, 0.5) is 17.4 Å². The zero-order valence-corrected chi connectivity index (χ0v) is 10.8. The van der Waals surface area contributed by atoms with Crippen LogP contribution in [0.1, 0.15) is 5.89 Å². The van der Waals surface area contributed by atoms with E-state index in [9.17, 15) is 0 Å². The van der Waals surface area contributed by atoms with E-state index < -0.39 is 0 Å². The molecule has 0 aliphatic carbocycles. The van der Waals surface area contributed by atoms with Gasteiger partial charge in [0, 0.05) is 39.3 Å². The summed E-state index contributed by atoms with van der Waals surface area (Å²) in [4.78, 5) is 8.35. The van der Waals surface area contributed by atoms with Crippen LogP contribution >= 0.6 is 0 Å². The Bertz CT molecular complexity index is 561. The van der Waals surface area contributed by atoms with E-state index in [2.05, 4.69) is 25.0 Å². The van der Waals surface area contributed by atoms with Crippen LogP contribution in [0.2, 0.25) is 0 Å². The van der Waals surface area contributed by atoms with Gasteiger partial charge in [-0.1, -0.05) is 5.10 Å². The topological polar surface area (TPSA) is 84.3 Å². The molecule has 0 saturated carbocycles. The van der Waals surface area contributed by atoms with Crippen LogP contribution in [0.15, 0.2) is 22.9 Å². The van der Waals surface area contributed by atoms with Crippen LogP contribution in [-0.2, 0) is 0 Å². The van der Waals surface area contributed by atoms with Gasteiger partial charge in [-0.05, 0) is 6.07 Å². The molecule has 100 valence electrons. The molecule has 0 atom stereocenters. The second-order valence-electron chi connectivity index (χ2n) is 4.51. The number of anilines is 3. The summed E-state index contributed by atoms with van der Waals surface area (Å²) in [6.07, 6.45) is 3.45. The molecule has 3 heterocycles. The number of piperazine rings is 1. The molecule has 0 bridgehead atoms. The van der Waals surface area contributed by atoms with Crippen LogP contribution in [-0.4, -0.2) is 41.4 Å². The maximum absolute atomic E-state index is 5.94. The Hall–Kier alpha value is -2.31. The molecule has 0 spiro atoms. The highest BCUT2D eigenvalue weighted by molar-refractivity contribution is 5.66. The van der Waals surface area contributed by atoms with E-state index >= 15 is 0 Å². The van der Waals surface area contributed by atoms with Gasteiger partial charge in [-0.25, -0.2) is 0 Å². The molecule has 7 nitrogen and oxygen atoms in total. The van der Waals surface area contributed by atoms with Crippen molar-refractivity contribution in [3.05, 3.63) is 24.4 Å². The van der Waals surface area contributed by atoms with Gasteiger partial charge >= 0.3 is 6.01 Å². The molecule has 0 amide bonds. The Morgan fingerprint density at radius 2 is 1.89 bits per heavy atom. The third kappa shape index (κ3) is 2.31. The van der Waals surface area contributed by atoms with Crippen LogP contribution in [0.25, 0.3) is 0 Å². The van der Waals surface area contributed by atoms with Crippen molar-refractivity contribution in [1.29, 1.82) is 0 Å². The summed E-state index contributed by atoms with van der Waals surface area (Å²) in [5.41, 5.74) is 7.69. The van der Waals surface area contributed by atoms with Crippen LogP contribution in [0.5, 0.6) is 0 Å². The molecule has 3 rings (SSSR count). The highest BCUT2D eigenvalue weighted by atomic mass is 16.4.